The second-order valence-electron chi connectivity index (χ2n) is 5.74. The molecule has 0 bridgehead atoms. The van der Waals surface area contributed by atoms with Gasteiger partial charge < -0.3 is 10.1 Å². The Morgan fingerprint density at radius 1 is 1.26 bits per heavy atom. The van der Waals surface area contributed by atoms with Gasteiger partial charge in [0.15, 0.2) is 0 Å². The van der Waals surface area contributed by atoms with Crippen LogP contribution in [0, 0.1) is 6.92 Å². The van der Waals surface area contributed by atoms with Crippen molar-refractivity contribution in [2.75, 3.05) is 32.1 Å². The van der Waals surface area contributed by atoms with Gasteiger partial charge in [0.1, 0.15) is 0 Å². The number of rotatable bonds is 6. The Kier molecular flexibility index (Phi) is 6.15. The summed E-state index contributed by atoms with van der Waals surface area (Å²) in [6.07, 6.45) is 3.09. The van der Waals surface area contributed by atoms with Crippen molar-refractivity contribution in [1.29, 1.82) is 0 Å². The highest BCUT2D eigenvalue weighted by atomic mass is 32.2. The Bertz CT molecular complexity index is 652. The standard InChI is InChI=1S/C16H24N2O4S/c1-13-6-7-14(17-16(19)8-11-22-2)12-15(13)23(20,21)18-9-4-3-5-10-18/h6-7,12H,3-5,8-11H2,1-2H3,(H,17,19). The van der Waals surface area contributed by atoms with E-state index in [0.717, 1.165) is 19.3 Å². The maximum Gasteiger partial charge on any atom is 0.243 e. The molecule has 0 unspecified atom stereocenters. The second kappa shape index (κ2) is 7.90. The van der Waals surface area contributed by atoms with E-state index in [-0.39, 0.29) is 17.2 Å². The molecule has 1 aromatic carbocycles. The zero-order valence-electron chi connectivity index (χ0n) is 13.7. The van der Waals surface area contributed by atoms with Gasteiger partial charge in [0, 0.05) is 25.9 Å². The molecule has 1 saturated heterocycles. The van der Waals surface area contributed by atoms with E-state index in [0.29, 0.717) is 30.9 Å². The number of benzene rings is 1. The lowest BCUT2D eigenvalue weighted by Gasteiger charge is -2.26. The minimum atomic E-state index is -3.51. The molecule has 128 valence electrons. The highest BCUT2D eigenvalue weighted by molar-refractivity contribution is 7.89. The van der Waals surface area contributed by atoms with Crippen molar-refractivity contribution in [3.8, 4) is 0 Å². The van der Waals surface area contributed by atoms with Crippen LogP contribution < -0.4 is 5.32 Å². The van der Waals surface area contributed by atoms with E-state index in [2.05, 4.69) is 5.32 Å². The molecule has 6 nitrogen and oxygen atoms in total. The Morgan fingerprint density at radius 3 is 2.61 bits per heavy atom. The molecule has 7 heteroatoms. The van der Waals surface area contributed by atoms with Gasteiger partial charge in [-0.15, -0.1) is 0 Å². The highest BCUT2D eigenvalue weighted by Gasteiger charge is 2.27. The van der Waals surface area contributed by atoms with Crippen LogP contribution >= 0.6 is 0 Å². The molecular weight excluding hydrogens is 316 g/mol. The summed E-state index contributed by atoms with van der Waals surface area (Å²) in [7, 11) is -1.98. The van der Waals surface area contributed by atoms with Gasteiger partial charge in [0.25, 0.3) is 0 Å². The second-order valence-corrected chi connectivity index (χ2v) is 7.64. The van der Waals surface area contributed by atoms with Gasteiger partial charge in [0.2, 0.25) is 15.9 Å². The van der Waals surface area contributed by atoms with E-state index in [9.17, 15) is 13.2 Å². The molecule has 0 atom stereocenters. The average Bonchev–Trinajstić information content (AvgIpc) is 2.55. The molecule has 0 saturated carbocycles. The van der Waals surface area contributed by atoms with Gasteiger partial charge in [-0.05, 0) is 37.5 Å². The van der Waals surface area contributed by atoms with E-state index in [4.69, 9.17) is 4.74 Å². The summed E-state index contributed by atoms with van der Waals surface area (Å²) in [5.74, 6) is -0.197. The van der Waals surface area contributed by atoms with Crippen LogP contribution in [0.4, 0.5) is 5.69 Å². The molecule has 1 N–H and O–H groups in total. The summed E-state index contributed by atoms with van der Waals surface area (Å²) < 4.78 is 32.0. The Morgan fingerprint density at radius 2 is 1.96 bits per heavy atom. The largest absolute Gasteiger partial charge is 0.384 e. The minimum Gasteiger partial charge on any atom is -0.384 e. The maximum absolute atomic E-state index is 12.8. The van der Waals surface area contributed by atoms with Gasteiger partial charge >= 0.3 is 0 Å². The normalized spacial score (nSPS) is 16.3. The zero-order chi connectivity index (χ0) is 16.9. The molecule has 1 aliphatic heterocycles. The first-order valence-electron chi connectivity index (χ1n) is 7.85. The topological polar surface area (TPSA) is 75.7 Å². The lowest BCUT2D eigenvalue weighted by molar-refractivity contribution is -0.117. The lowest BCUT2D eigenvalue weighted by Crippen LogP contribution is -2.36. The number of carbonyl (C=O) groups is 1. The van der Waals surface area contributed by atoms with Gasteiger partial charge in [-0.1, -0.05) is 12.5 Å². The number of hydrogen-bond acceptors (Lipinski definition) is 4. The molecule has 1 aliphatic rings. The quantitative estimate of drug-likeness (QED) is 0.861. The van der Waals surface area contributed by atoms with Crippen LogP contribution in [0.5, 0.6) is 0 Å². The predicted molar refractivity (Wildman–Crippen MR) is 88.9 cm³/mol. The van der Waals surface area contributed by atoms with Crippen molar-refractivity contribution in [1.82, 2.24) is 4.31 Å². The fourth-order valence-corrected chi connectivity index (χ4v) is 4.39. The van der Waals surface area contributed by atoms with E-state index in [1.807, 2.05) is 0 Å². The van der Waals surface area contributed by atoms with E-state index < -0.39 is 10.0 Å². The summed E-state index contributed by atoms with van der Waals surface area (Å²) in [6.45, 7) is 3.22. The summed E-state index contributed by atoms with van der Waals surface area (Å²) in [4.78, 5) is 12.0. The Hall–Kier alpha value is -1.44. The number of sulfonamides is 1. The monoisotopic (exact) mass is 340 g/mol. The molecular formula is C16H24N2O4S. The Balaban J connectivity index is 2.21. The predicted octanol–water partition coefficient (Wildman–Crippen LogP) is 2.14. The smallest absolute Gasteiger partial charge is 0.243 e. The lowest BCUT2D eigenvalue weighted by atomic mass is 10.2. The van der Waals surface area contributed by atoms with E-state index >= 15 is 0 Å². The number of hydrogen-bond donors (Lipinski definition) is 1. The fraction of sp³-hybridized carbons (Fsp3) is 0.562. The van der Waals surface area contributed by atoms with Gasteiger partial charge in [-0.3, -0.25) is 4.79 Å². The molecule has 2 rings (SSSR count). The van der Waals surface area contributed by atoms with Crippen LogP contribution in [0.15, 0.2) is 23.1 Å². The van der Waals surface area contributed by atoms with E-state index in [1.165, 1.54) is 11.4 Å². The first-order valence-corrected chi connectivity index (χ1v) is 9.29. The third-order valence-electron chi connectivity index (χ3n) is 3.94. The SMILES string of the molecule is COCCC(=O)Nc1ccc(C)c(S(=O)(=O)N2CCCCC2)c1. The molecule has 1 heterocycles. The molecule has 0 radical (unpaired) electrons. The number of amides is 1. The molecule has 0 spiro atoms. The van der Waals surface area contributed by atoms with Crippen molar-refractivity contribution in [2.24, 2.45) is 0 Å². The van der Waals surface area contributed by atoms with Crippen molar-refractivity contribution >= 4 is 21.6 Å². The third kappa shape index (κ3) is 4.53. The molecule has 1 aromatic rings. The van der Waals surface area contributed by atoms with Crippen LogP contribution in [0.2, 0.25) is 0 Å². The highest BCUT2D eigenvalue weighted by Crippen LogP contribution is 2.26. The van der Waals surface area contributed by atoms with Crippen molar-refractivity contribution in [3.63, 3.8) is 0 Å². The zero-order valence-corrected chi connectivity index (χ0v) is 14.5. The van der Waals surface area contributed by atoms with Gasteiger partial charge in [-0.2, -0.15) is 4.31 Å². The molecule has 1 fully saturated rings. The summed E-state index contributed by atoms with van der Waals surface area (Å²) >= 11 is 0. The fourth-order valence-electron chi connectivity index (χ4n) is 2.62. The van der Waals surface area contributed by atoms with Crippen LogP contribution in [-0.2, 0) is 19.6 Å². The number of nitrogens with one attached hydrogen (secondary N) is 1. The van der Waals surface area contributed by atoms with E-state index in [1.54, 1.807) is 25.1 Å². The number of methoxy groups -OCH3 is 1. The number of ether oxygens (including phenoxy) is 1. The summed E-state index contributed by atoms with van der Waals surface area (Å²) in [5, 5.41) is 2.72. The number of nitrogens with zero attached hydrogens (tertiary/aromatic N) is 1. The molecule has 0 aliphatic carbocycles. The Labute approximate surface area is 137 Å². The first-order chi connectivity index (χ1) is 10.9. The van der Waals surface area contributed by atoms with Crippen molar-refractivity contribution in [3.05, 3.63) is 23.8 Å². The van der Waals surface area contributed by atoms with Gasteiger partial charge in [0.05, 0.1) is 17.9 Å². The minimum absolute atomic E-state index is 0.197. The third-order valence-corrected chi connectivity index (χ3v) is 5.98. The maximum atomic E-state index is 12.8. The number of aryl methyl sites for hydroxylation is 1. The van der Waals surface area contributed by atoms with Crippen LogP contribution in [0.25, 0.3) is 0 Å². The van der Waals surface area contributed by atoms with Gasteiger partial charge in [-0.25, -0.2) is 8.42 Å². The number of anilines is 1. The molecule has 1 amide bonds. The average molecular weight is 340 g/mol. The van der Waals surface area contributed by atoms with Crippen molar-refractivity contribution < 1.29 is 17.9 Å². The number of piperidine rings is 1. The summed E-state index contributed by atoms with van der Waals surface area (Å²) in [6, 6.07) is 4.99. The first kappa shape index (κ1) is 17.9. The van der Waals surface area contributed by atoms with Crippen LogP contribution in [0.3, 0.4) is 0 Å². The molecule has 23 heavy (non-hydrogen) atoms. The molecule has 0 aromatic heterocycles. The van der Waals surface area contributed by atoms with Crippen LogP contribution in [0.1, 0.15) is 31.2 Å². The summed E-state index contributed by atoms with van der Waals surface area (Å²) in [5.41, 5.74) is 1.18. The van der Waals surface area contributed by atoms with Crippen molar-refractivity contribution in [2.45, 2.75) is 37.5 Å². The number of carbonyl (C=O) groups excluding carboxylic acids is 1. The van der Waals surface area contributed by atoms with Crippen LogP contribution in [-0.4, -0.2) is 45.4 Å².